The second-order valence-electron chi connectivity index (χ2n) is 20.6. The first-order valence-corrected chi connectivity index (χ1v) is 25.4. The van der Waals surface area contributed by atoms with Crippen LogP contribution in [0.1, 0.15) is 48.6 Å². The van der Waals surface area contributed by atoms with Gasteiger partial charge in [-0.3, -0.25) is 0 Å². The topological polar surface area (TPSA) is 19.6 Å². The zero-order valence-electron chi connectivity index (χ0n) is 38.9. The minimum atomic E-state index is -0.553. The van der Waals surface area contributed by atoms with Gasteiger partial charge in [0.2, 0.25) is 0 Å². The minimum Gasteiger partial charge on any atom is -0.456 e. The maximum Gasteiger partial charge on any atom is 0.333 e. The quantitative estimate of drug-likeness (QED) is 0.161. The molecule has 0 saturated heterocycles. The normalized spacial score (nSPS) is 14.5. The van der Waals surface area contributed by atoms with Crippen molar-refractivity contribution in [2.45, 2.75) is 31.6 Å². The number of thiophene rings is 1. The van der Waals surface area contributed by atoms with Gasteiger partial charge in [0.15, 0.2) is 0 Å². The second kappa shape index (κ2) is 13.6. The maximum absolute atomic E-state index is 7.10. The number of para-hydroxylation sites is 3. The summed E-state index contributed by atoms with van der Waals surface area (Å²) in [5, 5.41) is 4.93. The van der Waals surface area contributed by atoms with Crippen LogP contribution in [0.5, 0.6) is 0 Å². The lowest BCUT2D eigenvalue weighted by atomic mass is 9.41. The second-order valence-corrected chi connectivity index (χ2v) is 21.7. The summed E-state index contributed by atoms with van der Waals surface area (Å²) in [6.45, 7) is 6.74. The molecule has 328 valence electrons. The van der Waals surface area contributed by atoms with Gasteiger partial charge in [-0.2, -0.15) is 0 Å². The molecule has 0 saturated carbocycles. The number of furan rings is 1. The maximum atomic E-state index is 7.10. The Bertz CT molecular complexity index is 4220. The molecule has 3 nitrogen and oxygen atoms in total. The summed E-state index contributed by atoms with van der Waals surface area (Å²) in [5.74, 6) is 0. The standard InChI is InChI=1S/C65H43BN2OS/c1-64(2,3)39-32-33-50(45(36-39)38-18-5-4-6-19-38)67-52-34-35-57-59(43-23-10-16-31-56(43)70-57)61(52)66-62-53(67)37-55-58(42-22-9-15-30-54(42)69-55)60(62)44-24-17-28-49-63(44)68(66)51-29-14-13-27-48(51)65(49)46-25-11-7-20-40(46)41-21-8-12-26-47(41)65/h4-37H,1-3H3. The molecule has 2 aromatic heterocycles. The first-order valence-electron chi connectivity index (χ1n) is 24.5. The van der Waals surface area contributed by atoms with Crippen molar-refractivity contribution in [3.05, 3.63) is 234 Å². The Balaban J connectivity index is 1.13. The van der Waals surface area contributed by atoms with Crippen molar-refractivity contribution >= 4 is 99.7 Å². The van der Waals surface area contributed by atoms with E-state index in [0.717, 1.165) is 27.9 Å². The Morgan fingerprint density at radius 1 is 0.457 bits per heavy atom. The molecule has 0 N–H and O–H groups in total. The Hall–Kier alpha value is -8.12. The van der Waals surface area contributed by atoms with E-state index >= 15 is 0 Å². The van der Waals surface area contributed by atoms with E-state index in [2.05, 4.69) is 237 Å². The molecule has 0 amide bonds. The highest BCUT2D eigenvalue weighted by atomic mass is 32.1. The third-order valence-electron chi connectivity index (χ3n) is 16.2. The summed E-state index contributed by atoms with van der Waals surface area (Å²) >= 11 is 1.90. The molecule has 0 unspecified atom stereocenters. The van der Waals surface area contributed by atoms with Gasteiger partial charge in [-0.1, -0.05) is 178 Å². The highest BCUT2D eigenvalue weighted by molar-refractivity contribution is 7.26. The minimum absolute atomic E-state index is 0.0537. The third kappa shape index (κ3) is 4.76. The van der Waals surface area contributed by atoms with Crippen molar-refractivity contribution in [1.29, 1.82) is 0 Å². The summed E-state index contributed by atoms with van der Waals surface area (Å²) in [4.78, 5) is 5.38. The van der Waals surface area contributed by atoms with E-state index in [4.69, 9.17) is 4.42 Å². The van der Waals surface area contributed by atoms with E-state index in [1.807, 2.05) is 11.3 Å². The molecule has 5 heterocycles. The highest BCUT2D eigenvalue weighted by Gasteiger charge is 2.57. The largest absolute Gasteiger partial charge is 0.456 e. The van der Waals surface area contributed by atoms with Gasteiger partial charge in [-0.05, 0) is 120 Å². The van der Waals surface area contributed by atoms with Crippen LogP contribution in [0.2, 0.25) is 0 Å². The lowest BCUT2D eigenvalue weighted by molar-refractivity contribution is 0.590. The predicted octanol–water partition coefficient (Wildman–Crippen LogP) is 16.3. The summed E-state index contributed by atoms with van der Waals surface area (Å²) in [5.41, 5.74) is 23.9. The van der Waals surface area contributed by atoms with E-state index in [1.165, 1.54) is 115 Å². The molecule has 5 heteroatoms. The van der Waals surface area contributed by atoms with Crippen LogP contribution in [-0.2, 0) is 10.8 Å². The SMILES string of the molecule is CC(C)(C)c1ccc(N2c3cc4oc5ccccc5c4c4c3B(c3c2ccc2sc5ccccc5c32)N2c3ccccc3C3(c5ccccc5-c5ccccc53)c3cccc-4c32)c(-c2ccccc2)c1. The number of rotatable bonds is 2. The number of hydrogen-bond donors (Lipinski definition) is 0. The smallest absolute Gasteiger partial charge is 0.333 e. The van der Waals surface area contributed by atoms with Gasteiger partial charge in [0, 0.05) is 60.1 Å². The Morgan fingerprint density at radius 2 is 1.11 bits per heavy atom. The molecule has 0 radical (unpaired) electrons. The molecule has 70 heavy (non-hydrogen) atoms. The number of fused-ring (bicyclic) bond motifs is 21. The fraction of sp³-hybridized carbons (Fsp3) is 0.0769. The van der Waals surface area contributed by atoms with E-state index in [1.54, 1.807) is 0 Å². The lowest BCUT2D eigenvalue weighted by Crippen LogP contribution is -2.63. The van der Waals surface area contributed by atoms with E-state index < -0.39 is 5.41 Å². The highest BCUT2D eigenvalue weighted by Crippen LogP contribution is 2.65. The van der Waals surface area contributed by atoms with Crippen LogP contribution in [0.15, 0.2) is 211 Å². The molecule has 16 rings (SSSR count). The summed E-state index contributed by atoms with van der Waals surface area (Å²) < 4.78 is 9.70. The molecule has 0 atom stereocenters. The van der Waals surface area contributed by atoms with Crippen LogP contribution in [0.3, 0.4) is 0 Å². The fourth-order valence-electron chi connectivity index (χ4n) is 13.4. The summed E-state index contributed by atoms with van der Waals surface area (Å²) in [6.07, 6.45) is 0. The molecule has 10 aromatic carbocycles. The number of benzene rings is 10. The number of nitrogens with zero attached hydrogens (tertiary/aromatic N) is 2. The van der Waals surface area contributed by atoms with Crippen molar-refractivity contribution in [1.82, 2.24) is 0 Å². The van der Waals surface area contributed by atoms with Gasteiger partial charge >= 0.3 is 6.85 Å². The van der Waals surface area contributed by atoms with Crippen LogP contribution in [0, 0.1) is 0 Å². The molecule has 1 aliphatic carbocycles. The van der Waals surface area contributed by atoms with Crippen LogP contribution in [0.4, 0.5) is 28.4 Å². The van der Waals surface area contributed by atoms with Crippen LogP contribution < -0.4 is 20.6 Å². The molecule has 3 aliphatic heterocycles. The fourth-order valence-corrected chi connectivity index (χ4v) is 14.6. The van der Waals surface area contributed by atoms with E-state index in [9.17, 15) is 0 Å². The van der Waals surface area contributed by atoms with Crippen molar-refractivity contribution < 1.29 is 4.42 Å². The molecule has 1 spiro atoms. The van der Waals surface area contributed by atoms with Crippen molar-refractivity contribution in [2.24, 2.45) is 0 Å². The summed E-state index contributed by atoms with van der Waals surface area (Å²) in [7, 11) is 0. The molecular weight excluding hydrogens is 868 g/mol. The van der Waals surface area contributed by atoms with Gasteiger partial charge < -0.3 is 14.1 Å². The molecular formula is C65H43BN2OS. The Labute approximate surface area is 410 Å². The van der Waals surface area contributed by atoms with Crippen molar-refractivity contribution in [3.8, 4) is 33.4 Å². The summed E-state index contributed by atoms with van der Waals surface area (Å²) in [6, 6.07) is 78.0. The van der Waals surface area contributed by atoms with Gasteiger partial charge in [0.05, 0.1) is 11.1 Å². The lowest BCUT2D eigenvalue weighted by Gasteiger charge is -2.52. The monoisotopic (exact) mass is 910 g/mol. The van der Waals surface area contributed by atoms with Crippen molar-refractivity contribution in [3.63, 3.8) is 0 Å². The van der Waals surface area contributed by atoms with Gasteiger partial charge in [-0.15, -0.1) is 11.3 Å². The average molecular weight is 911 g/mol. The van der Waals surface area contributed by atoms with Crippen LogP contribution in [0.25, 0.3) is 75.5 Å². The average Bonchev–Trinajstić information content (AvgIpc) is 4.08. The molecule has 0 fully saturated rings. The van der Waals surface area contributed by atoms with Gasteiger partial charge in [-0.25, -0.2) is 0 Å². The van der Waals surface area contributed by atoms with Crippen molar-refractivity contribution in [2.75, 3.05) is 9.71 Å². The Morgan fingerprint density at radius 3 is 1.91 bits per heavy atom. The van der Waals surface area contributed by atoms with Crippen LogP contribution in [-0.4, -0.2) is 6.85 Å². The van der Waals surface area contributed by atoms with Crippen LogP contribution >= 0.6 is 11.3 Å². The predicted molar refractivity (Wildman–Crippen MR) is 295 cm³/mol. The molecule has 4 aliphatic rings. The van der Waals surface area contributed by atoms with E-state index in [-0.39, 0.29) is 12.3 Å². The first-order chi connectivity index (χ1) is 34.4. The Kier molecular flexibility index (Phi) is 7.52. The zero-order valence-corrected chi connectivity index (χ0v) is 39.7. The zero-order chi connectivity index (χ0) is 46.2. The molecule has 0 bridgehead atoms. The first kappa shape index (κ1) is 38.8. The third-order valence-corrected chi connectivity index (χ3v) is 17.3. The van der Waals surface area contributed by atoms with Gasteiger partial charge in [0.25, 0.3) is 0 Å². The molecule has 12 aromatic rings. The number of hydrogen-bond acceptors (Lipinski definition) is 4. The number of anilines is 5. The van der Waals surface area contributed by atoms with E-state index in [0.29, 0.717) is 0 Å². The van der Waals surface area contributed by atoms with Gasteiger partial charge in [0.1, 0.15) is 11.2 Å².